The molecule has 0 aliphatic heterocycles. The number of nitrogens with one attached hydrogen (secondary N) is 1. The van der Waals surface area contributed by atoms with E-state index in [-0.39, 0.29) is 17.4 Å². The van der Waals surface area contributed by atoms with Crippen LogP contribution in [0, 0.1) is 11.6 Å². The Morgan fingerprint density at radius 2 is 1.73 bits per heavy atom. The molecular weight excluding hydrogens is 310 g/mol. The van der Waals surface area contributed by atoms with Crippen molar-refractivity contribution < 1.29 is 17.2 Å². The first kappa shape index (κ1) is 16.4. The van der Waals surface area contributed by atoms with Gasteiger partial charge in [-0.15, -0.1) is 0 Å². The molecule has 0 unspecified atom stereocenters. The summed E-state index contributed by atoms with van der Waals surface area (Å²) >= 11 is 0. The molecule has 22 heavy (non-hydrogen) atoms. The fourth-order valence-electron chi connectivity index (χ4n) is 1.90. The second-order valence-corrected chi connectivity index (χ2v) is 6.76. The Bertz CT molecular complexity index is 762. The molecule has 0 aliphatic carbocycles. The molecule has 7 heteroatoms. The summed E-state index contributed by atoms with van der Waals surface area (Å²) in [4.78, 5) is 0.0965. The molecule has 0 aliphatic rings. The predicted octanol–water partition coefficient (Wildman–Crippen LogP) is 2.63. The number of anilines is 1. The highest BCUT2D eigenvalue weighted by atomic mass is 32.2. The van der Waals surface area contributed by atoms with Crippen molar-refractivity contribution in [3.05, 3.63) is 59.7 Å². The lowest BCUT2D eigenvalue weighted by atomic mass is 10.0. The van der Waals surface area contributed by atoms with Crippen LogP contribution in [-0.2, 0) is 10.0 Å². The Kier molecular flexibility index (Phi) is 4.77. The van der Waals surface area contributed by atoms with Crippen LogP contribution in [0.25, 0.3) is 0 Å². The van der Waals surface area contributed by atoms with Crippen molar-refractivity contribution in [3.8, 4) is 0 Å². The van der Waals surface area contributed by atoms with E-state index in [1.165, 1.54) is 30.3 Å². The summed E-state index contributed by atoms with van der Waals surface area (Å²) in [6.07, 6.45) is 0. The molecule has 0 amide bonds. The number of nitrogens with two attached hydrogens (primary N) is 1. The average Bonchev–Trinajstić information content (AvgIpc) is 2.48. The van der Waals surface area contributed by atoms with Crippen LogP contribution in [-0.4, -0.2) is 15.0 Å². The summed E-state index contributed by atoms with van der Waals surface area (Å²) in [6, 6.07) is 9.31. The molecule has 0 bridgehead atoms. The van der Waals surface area contributed by atoms with Gasteiger partial charge in [0.25, 0.3) is 0 Å². The van der Waals surface area contributed by atoms with E-state index < -0.39 is 21.7 Å². The van der Waals surface area contributed by atoms with Crippen LogP contribution in [0.1, 0.15) is 18.4 Å². The zero-order valence-corrected chi connectivity index (χ0v) is 12.7. The van der Waals surface area contributed by atoms with Gasteiger partial charge in [0, 0.05) is 12.2 Å². The van der Waals surface area contributed by atoms with E-state index in [1.54, 1.807) is 6.92 Å². The lowest BCUT2D eigenvalue weighted by Gasteiger charge is -2.14. The molecule has 0 radical (unpaired) electrons. The highest BCUT2D eigenvalue weighted by Gasteiger charge is 2.16. The Labute approximate surface area is 128 Å². The largest absolute Gasteiger partial charge is 0.399 e. The zero-order chi connectivity index (χ0) is 16.3. The van der Waals surface area contributed by atoms with Gasteiger partial charge in [-0.25, -0.2) is 21.9 Å². The summed E-state index contributed by atoms with van der Waals surface area (Å²) in [5.74, 6) is -2.19. The van der Waals surface area contributed by atoms with E-state index in [2.05, 4.69) is 4.72 Å². The predicted molar refractivity (Wildman–Crippen MR) is 80.8 cm³/mol. The molecule has 3 N–H and O–H groups in total. The number of rotatable bonds is 5. The second-order valence-electron chi connectivity index (χ2n) is 5.00. The van der Waals surface area contributed by atoms with Gasteiger partial charge < -0.3 is 5.73 Å². The molecule has 1 atom stereocenters. The lowest BCUT2D eigenvalue weighted by Crippen LogP contribution is -2.27. The molecule has 0 fully saturated rings. The van der Waals surface area contributed by atoms with Gasteiger partial charge in [0.2, 0.25) is 10.0 Å². The first-order valence-electron chi connectivity index (χ1n) is 6.60. The van der Waals surface area contributed by atoms with E-state index in [0.29, 0.717) is 11.3 Å². The van der Waals surface area contributed by atoms with Crippen LogP contribution in [0.4, 0.5) is 14.5 Å². The highest BCUT2D eigenvalue weighted by molar-refractivity contribution is 7.89. The fourth-order valence-corrected chi connectivity index (χ4v) is 3.03. The number of halogens is 2. The van der Waals surface area contributed by atoms with Crippen molar-refractivity contribution in [1.82, 2.24) is 4.72 Å². The van der Waals surface area contributed by atoms with Gasteiger partial charge in [0.05, 0.1) is 4.90 Å². The summed E-state index contributed by atoms with van der Waals surface area (Å²) < 4.78 is 52.8. The van der Waals surface area contributed by atoms with Crippen molar-refractivity contribution in [2.75, 3.05) is 12.3 Å². The number of sulfonamides is 1. The van der Waals surface area contributed by atoms with Gasteiger partial charge in [-0.05, 0) is 47.9 Å². The van der Waals surface area contributed by atoms with Crippen LogP contribution in [0.2, 0.25) is 0 Å². The molecule has 2 aromatic rings. The van der Waals surface area contributed by atoms with E-state index in [9.17, 15) is 17.2 Å². The number of benzene rings is 2. The third-order valence-corrected chi connectivity index (χ3v) is 4.72. The summed E-state index contributed by atoms with van der Waals surface area (Å²) in [5.41, 5.74) is 6.49. The first-order valence-corrected chi connectivity index (χ1v) is 8.08. The molecule has 2 aromatic carbocycles. The monoisotopic (exact) mass is 326 g/mol. The standard InChI is InChI=1S/C15H16F2N2O2S/c1-10(11-2-7-14(16)15(17)8-11)9-19-22(20,21)13-5-3-12(18)4-6-13/h2-8,10,19H,9,18H2,1H3/t10-/m0/s1. The van der Waals surface area contributed by atoms with Gasteiger partial charge in [0.1, 0.15) is 0 Å². The van der Waals surface area contributed by atoms with Crippen LogP contribution in [0.15, 0.2) is 47.4 Å². The number of hydrogen-bond acceptors (Lipinski definition) is 3. The Morgan fingerprint density at radius 3 is 2.32 bits per heavy atom. The minimum absolute atomic E-state index is 0.0672. The Balaban J connectivity index is 2.07. The van der Waals surface area contributed by atoms with E-state index in [4.69, 9.17) is 5.73 Å². The maximum absolute atomic E-state index is 13.2. The minimum atomic E-state index is -3.67. The average molecular weight is 326 g/mol. The maximum Gasteiger partial charge on any atom is 0.240 e. The van der Waals surface area contributed by atoms with Crippen molar-refractivity contribution in [3.63, 3.8) is 0 Å². The fraction of sp³-hybridized carbons (Fsp3) is 0.200. The van der Waals surface area contributed by atoms with Gasteiger partial charge >= 0.3 is 0 Å². The third-order valence-electron chi connectivity index (χ3n) is 3.28. The molecule has 118 valence electrons. The van der Waals surface area contributed by atoms with Crippen molar-refractivity contribution in [1.29, 1.82) is 0 Å². The van der Waals surface area contributed by atoms with Gasteiger partial charge in [-0.2, -0.15) is 0 Å². The van der Waals surface area contributed by atoms with Crippen LogP contribution >= 0.6 is 0 Å². The van der Waals surface area contributed by atoms with E-state index >= 15 is 0 Å². The minimum Gasteiger partial charge on any atom is -0.399 e. The second kappa shape index (κ2) is 6.41. The highest BCUT2D eigenvalue weighted by Crippen LogP contribution is 2.18. The Hall–Kier alpha value is -1.99. The molecular formula is C15H16F2N2O2S. The lowest BCUT2D eigenvalue weighted by molar-refractivity contribution is 0.505. The van der Waals surface area contributed by atoms with Crippen LogP contribution in [0.5, 0.6) is 0 Å². The van der Waals surface area contributed by atoms with E-state index in [0.717, 1.165) is 12.1 Å². The first-order chi connectivity index (χ1) is 10.3. The molecule has 0 saturated carbocycles. The molecule has 0 aromatic heterocycles. The zero-order valence-electron chi connectivity index (χ0n) is 11.9. The summed E-state index contributed by atoms with van der Waals surface area (Å²) in [7, 11) is -3.67. The molecule has 4 nitrogen and oxygen atoms in total. The van der Waals surface area contributed by atoms with Gasteiger partial charge in [0.15, 0.2) is 11.6 Å². The van der Waals surface area contributed by atoms with Crippen LogP contribution < -0.4 is 10.5 Å². The smallest absolute Gasteiger partial charge is 0.240 e. The molecule has 0 heterocycles. The quantitative estimate of drug-likeness (QED) is 0.830. The summed E-state index contributed by atoms with van der Waals surface area (Å²) in [6.45, 7) is 1.79. The topological polar surface area (TPSA) is 72.2 Å². The summed E-state index contributed by atoms with van der Waals surface area (Å²) in [5, 5.41) is 0. The van der Waals surface area contributed by atoms with Crippen molar-refractivity contribution in [2.24, 2.45) is 0 Å². The van der Waals surface area contributed by atoms with Crippen LogP contribution in [0.3, 0.4) is 0 Å². The van der Waals surface area contributed by atoms with E-state index in [1.807, 2.05) is 0 Å². The number of hydrogen-bond donors (Lipinski definition) is 2. The molecule has 0 spiro atoms. The van der Waals surface area contributed by atoms with Crippen molar-refractivity contribution in [2.45, 2.75) is 17.7 Å². The Morgan fingerprint density at radius 1 is 1.09 bits per heavy atom. The molecule has 2 rings (SSSR count). The van der Waals surface area contributed by atoms with Gasteiger partial charge in [-0.1, -0.05) is 13.0 Å². The van der Waals surface area contributed by atoms with Gasteiger partial charge in [-0.3, -0.25) is 0 Å². The molecule has 0 saturated heterocycles. The number of nitrogen functional groups attached to an aromatic ring is 1. The normalized spacial score (nSPS) is 13.0. The SMILES string of the molecule is C[C@@H](CNS(=O)(=O)c1ccc(N)cc1)c1ccc(F)c(F)c1. The van der Waals surface area contributed by atoms with Crippen molar-refractivity contribution >= 4 is 15.7 Å². The maximum atomic E-state index is 13.2. The third kappa shape index (κ3) is 3.80.